The molecule has 1 heterocycles. The minimum atomic E-state index is -3.35. The maximum absolute atomic E-state index is 12.8. The maximum Gasteiger partial charge on any atom is 0.256 e. The largest absolute Gasteiger partial charge is 0.322 e. The summed E-state index contributed by atoms with van der Waals surface area (Å²) >= 11 is 0. The average molecular weight is 354 g/mol. The molecule has 0 bridgehead atoms. The van der Waals surface area contributed by atoms with Gasteiger partial charge < -0.3 is 5.32 Å². The number of carbonyl (C=O) groups excluding carboxylic acids is 1. The number of amides is 1. The van der Waals surface area contributed by atoms with E-state index in [1.165, 1.54) is 12.1 Å². The first-order chi connectivity index (χ1) is 11.8. The summed E-state index contributed by atoms with van der Waals surface area (Å²) in [7, 11) is -3.35. The highest BCUT2D eigenvalue weighted by molar-refractivity contribution is 7.90. The maximum atomic E-state index is 12.8. The van der Waals surface area contributed by atoms with Gasteiger partial charge >= 0.3 is 0 Å². The van der Waals surface area contributed by atoms with Crippen LogP contribution in [0.2, 0.25) is 0 Å². The predicted octanol–water partition coefficient (Wildman–Crippen LogP) is 3.51. The summed E-state index contributed by atoms with van der Waals surface area (Å²) in [5.41, 5.74) is 3.26. The molecule has 1 aromatic heterocycles. The Bertz CT molecular complexity index is 1090. The van der Waals surface area contributed by atoms with E-state index in [2.05, 4.69) is 10.3 Å². The number of carbonyl (C=O) groups is 1. The molecule has 0 atom stereocenters. The van der Waals surface area contributed by atoms with E-state index in [0.29, 0.717) is 11.3 Å². The molecular weight excluding hydrogens is 336 g/mol. The molecule has 6 heteroatoms. The second kappa shape index (κ2) is 6.29. The molecule has 1 N–H and O–H groups in total. The fraction of sp³-hybridized carbons (Fsp3) is 0.158. The van der Waals surface area contributed by atoms with Crippen molar-refractivity contribution in [3.8, 4) is 0 Å². The molecule has 3 rings (SSSR count). The number of aryl methyl sites for hydroxylation is 2. The number of hydrogen-bond acceptors (Lipinski definition) is 4. The van der Waals surface area contributed by atoms with Crippen LogP contribution < -0.4 is 5.32 Å². The van der Waals surface area contributed by atoms with Crippen molar-refractivity contribution in [3.63, 3.8) is 0 Å². The zero-order valence-corrected chi connectivity index (χ0v) is 15.0. The quantitative estimate of drug-likeness (QED) is 0.781. The number of sulfone groups is 1. The first-order valence-corrected chi connectivity index (χ1v) is 9.63. The molecule has 0 aliphatic rings. The lowest BCUT2D eigenvalue weighted by molar-refractivity contribution is 0.102. The van der Waals surface area contributed by atoms with Gasteiger partial charge in [0.2, 0.25) is 0 Å². The summed E-state index contributed by atoms with van der Waals surface area (Å²) < 4.78 is 23.5. The second-order valence-corrected chi connectivity index (χ2v) is 8.05. The number of para-hydroxylation sites is 1. The average Bonchev–Trinajstić information content (AvgIpc) is 2.54. The molecule has 0 aliphatic heterocycles. The van der Waals surface area contributed by atoms with E-state index in [1.54, 1.807) is 12.1 Å². The third-order valence-corrected chi connectivity index (χ3v) is 5.08. The molecule has 0 radical (unpaired) electrons. The van der Waals surface area contributed by atoms with Crippen molar-refractivity contribution in [1.29, 1.82) is 0 Å². The Morgan fingerprint density at radius 1 is 1.04 bits per heavy atom. The van der Waals surface area contributed by atoms with Gasteiger partial charge in [0.1, 0.15) is 0 Å². The van der Waals surface area contributed by atoms with Crippen molar-refractivity contribution in [2.75, 3.05) is 11.6 Å². The molecule has 128 valence electrons. The number of pyridine rings is 1. The molecule has 5 nitrogen and oxygen atoms in total. The first-order valence-electron chi connectivity index (χ1n) is 7.74. The molecule has 0 saturated carbocycles. The standard InChI is InChI=1S/C19H18N2O3S/c1-12-8-9-14(25(3,23)24)11-18(12)21-19(22)16-10-13(2)20-17-7-5-4-6-15(16)17/h4-11H,1-3H3,(H,21,22). The van der Waals surface area contributed by atoms with E-state index < -0.39 is 9.84 Å². The van der Waals surface area contributed by atoms with Crippen molar-refractivity contribution in [3.05, 3.63) is 65.4 Å². The molecule has 25 heavy (non-hydrogen) atoms. The van der Waals surface area contributed by atoms with E-state index >= 15 is 0 Å². The van der Waals surface area contributed by atoms with Gasteiger partial charge in [-0.3, -0.25) is 9.78 Å². The third kappa shape index (κ3) is 3.53. The van der Waals surface area contributed by atoms with Crippen LogP contribution in [-0.2, 0) is 9.84 Å². The van der Waals surface area contributed by atoms with Crippen molar-refractivity contribution in [1.82, 2.24) is 4.98 Å². The molecule has 3 aromatic rings. The molecular formula is C19H18N2O3S. The first kappa shape index (κ1) is 17.1. The van der Waals surface area contributed by atoms with Gasteiger partial charge in [0, 0.05) is 23.0 Å². The summed E-state index contributed by atoms with van der Waals surface area (Å²) in [6.07, 6.45) is 1.14. The number of hydrogen-bond donors (Lipinski definition) is 1. The van der Waals surface area contributed by atoms with E-state index in [9.17, 15) is 13.2 Å². The zero-order valence-electron chi connectivity index (χ0n) is 14.2. The molecule has 1 amide bonds. The van der Waals surface area contributed by atoms with Crippen molar-refractivity contribution in [2.45, 2.75) is 18.7 Å². The van der Waals surface area contributed by atoms with E-state index in [-0.39, 0.29) is 10.8 Å². The minimum Gasteiger partial charge on any atom is -0.322 e. The number of benzene rings is 2. The van der Waals surface area contributed by atoms with Crippen LogP contribution >= 0.6 is 0 Å². The Morgan fingerprint density at radius 2 is 1.76 bits per heavy atom. The van der Waals surface area contributed by atoms with E-state index in [0.717, 1.165) is 28.4 Å². The van der Waals surface area contributed by atoms with Crippen LogP contribution in [0.3, 0.4) is 0 Å². The van der Waals surface area contributed by atoms with E-state index in [1.807, 2.05) is 38.1 Å². The van der Waals surface area contributed by atoms with Gasteiger partial charge in [-0.15, -0.1) is 0 Å². The summed E-state index contributed by atoms with van der Waals surface area (Å²) in [6, 6.07) is 13.9. The van der Waals surface area contributed by atoms with Gasteiger partial charge in [-0.1, -0.05) is 24.3 Å². The Labute approximate surface area is 146 Å². The Morgan fingerprint density at radius 3 is 2.48 bits per heavy atom. The highest BCUT2D eigenvalue weighted by Gasteiger charge is 2.15. The van der Waals surface area contributed by atoms with Gasteiger partial charge in [-0.05, 0) is 43.7 Å². The number of anilines is 1. The van der Waals surface area contributed by atoms with Gasteiger partial charge in [0.15, 0.2) is 9.84 Å². The summed E-state index contributed by atoms with van der Waals surface area (Å²) in [5, 5.41) is 3.58. The third-order valence-electron chi connectivity index (χ3n) is 3.97. The lowest BCUT2D eigenvalue weighted by Gasteiger charge is -2.12. The predicted molar refractivity (Wildman–Crippen MR) is 98.7 cm³/mol. The number of aromatic nitrogens is 1. The SMILES string of the molecule is Cc1cc(C(=O)Nc2cc(S(C)(=O)=O)ccc2C)c2ccccc2n1. The summed E-state index contributed by atoms with van der Waals surface area (Å²) in [4.78, 5) is 17.4. The van der Waals surface area contributed by atoms with E-state index in [4.69, 9.17) is 0 Å². The normalized spacial score (nSPS) is 11.5. The van der Waals surface area contributed by atoms with Crippen LogP contribution in [-0.4, -0.2) is 25.6 Å². The van der Waals surface area contributed by atoms with Crippen LogP contribution in [0.5, 0.6) is 0 Å². The Kier molecular flexibility index (Phi) is 4.30. The molecule has 0 aliphatic carbocycles. The minimum absolute atomic E-state index is 0.171. The lowest BCUT2D eigenvalue weighted by atomic mass is 10.1. The smallest absolute Gasteiger partial charge is 0.256 e. The van der Waals surface area contributed by atoms with Gasteiger partial charge in [0.05, 0.1) is 16.0 Å². The van der Waals surface area contributed by atoms with Gasteiger partial charge in [-0.2, -0.15) is 0 Å². The van der Waals surface area contributed by atoms with Crippen LogP contribution in [0.1, 0.15) is 21.6 Å². The number of fused-ring (bicyclic) bond motifs is 1. The topological polar surface area (TPSA) is 76.1 Å². The zero-order chi connectivity index (χ0) is 18.2. The number of rotatable bonds is 3. The monoisotopic (exact) mass is 354 g/mol. The fourth-order valence-electron chi connectivity index (χ4n) is 2.65. The Balaban J connectivity index is 2.04. The van der Waals surface area contributed by atoms with Crippen LogP contribution in [0.25, 0.3) is 10.9 Å². The van der Waals surface area contributed by atoms with Crippen LogP contribution in [0.4, 0.5) is 5.69 Å². The summed E-state index contributed by atoms with van der Waals surface area (Å²) in [5.74, 6) is -0.296. The molecule has 0 unspecified atom stereocenters. The summed E-state index contributed by atoms with van der Waals surface area (Å²) in [6.45, 7) is 3.65. The fourth-order valence-corrected chi connectivity index (χ4v) is 3.30. The molecule has 0 saturated heterocycles. The van der Waals surface area contributed by atoms with Gasteiger partial charge in [-0.25, -0.2) is 8.42 Å². The molecule has 0 fully saturated rings. The van der Waals surface area contributed by atoms with Crippen molar-refractivity contribution >= 4 is 32.3 Å². The van der Waals surface area contributed by atoms with Crippen molar-refractivity contribution < 1.29 is 13.2 Å². The lowest BCUT2D eigenvalue weighted by Crippen LogP contribution is -2.14. The second-order valence-electron chi connectivity index (χ2n) is 6.03. The molecule has 0 spiro atoms. The van der Waals surface area contributed by atoms with Crippen LogP contribution in [0, 0.1) is 13.8 Å². The number of nitrogens with one attached hydrogen (secondary N) is 1. The molecule has 2 aromatic carbocycles. The highest BCUT2D eigenvalue weighted by atomic mass is 32.2. The van der Waals surface area contributed by atoms with Crippen molar-refractivity contribution in [2.24, 2.45) is 0 Å². The van der Waals surface area contributed by atoms with Crippen LogP contribution in [0.15, 0.2) is 53.4 Å². The van der Waals surface area contributed by atoms with Gasteiger partial charge in [0.25, 0.3) is 5.91 Å². The Hall–Kier alpha value is -2.73. The number of nitrogens with zero attached hydrogens (tertiary/aromatic N) is 1. The highest BCUT2D eigenvalue weighted by Crippen LogP contribution is 2.23.